The van der Waals surface area contributed by atoms with Gasteiger partial charge in [0.15, 0.2) is 11.5 Å². The van der Waals surface area contributed by atoms with Crippen molar-refractivity contribution >= 4 is 0 Å². The van der Waals surface area contributed by atoms with E-state index < -0.39 is 0 Å². The van der Waals surface area contributed by atoms with Crippen LogP contribution in [0.1, 0.15) is 43.7 Å². The van der Waals surface area contributed by atoms with Crippen molar-refractivity contribution in [3.63, 3.8) is 0 Å². The molecule has 2 aliphatic rings. The summed E-state index contributed by atoms with van der Waals surface area (Å²) in [6.07, 6.45) is 5.29. The van der Waals surface area contributed by atoms with Gasteiger partial charge in [0, 0.05) is 12.1 Å². The number of methoxy groups -OCH3 is 2. The van der Waals surface area contributed by atoms with Gasteiger partial charge in [-0.1, -0.05) is 12.5 Å². The summed E-state index contributed by atoms with van der Waals surface area (Å²) < 4.78 is 10.7. The highest BCUT2D eigenvalue weighted by molar-refractivity contribution is 5.44. The number of fused-ring (bicyclic) bond motifs is 1. The van der Waals surface area contributed by atoms with Crippen LogP contribution < -0.4 is 9.47 Å². The first kappa shape index (κ1) is 14.7. The summed E-state index contributed by atoms with van der Waals surface area (Å²) in [4.78, 5) is 2.58. The molecule has 0 spiro atoms. The van der Waals surface area contributed by atoms with Gasteiger partial charge in [-0.2, -0.15) is 0 Å². The Morgan fingerprint density at radius 1 is 1.10 bits per heavy atom. The Morgan fingerprint density at radius 3 is 2.67 bits per heavy atom. The molecule has 0 aliphatic carbocycles. The molecule has 0 bridgehead atoms. The number of aliphatic hydroxyl groups is 1. The predicted octanol–water partition coefficient (Wildman–Crippen LogP) is 2.75. The van der Waals surface area contributed by atoms with Crippen LogP contribution in [0.4, 0.5) is 0 Å². The third-order valence-corrected chi connectivity index (χ3v) is 4.90. The van der Waals surface area contributed by atoms with E-state index in [1.165, 1.54) is 24.8 Å². The Bertz CT molecular complexity index is 491. The second-order valence-corrected chi connectivity index (χ2v) is 6.14. The van der Waals surface area contributed by atoms with Crippen LogP contribution in [0.15, 0.2) is 18.2 Å². The number of nitrogens with zero attached hydrogens (tertiary/aromatic N) is 1. The van der Waals surface area contributed by atoms with Gasteiger partial charge in [-0.05, 0) is 49.9 Å². The predicted molar refractivity (Wildman–Crippen MR) is 81.9 cm³/mol. The van der Waals surface area contributed by atoms with E-state index in [1.54, 1.807) is 14.2 Å². The quantitative estimate of drug-likeness (QED) is 0.930. The number of ether oxygens (including phenoxy) is 2. The van der Waals surface area contributed by atoms with E-state index in [2.05, 4.69) is 17.0 Å². The lowest BCUT2D eigenvalue weighted by atomic mass is 9.84. The molecule has 4 nitrogen and oxygen atoms in total. The largest absolute Gasteiger partial charge is 0.493 e. The van der Waals surface area contributed by atoms with E-state index in [-0.39, 0.29) is 6.10 Å². The summed E-state index contributed by atoms with van der Waals surface area (Å²) in [5.74, 6) is 1.52. The Balaban J connectivity index is 1.89. The van der Waals surface area contributed by atoms with Gasteiger partial charge in [0.1, 0.15) is 0 Å². The molecule has 0 amide bonds. The minimum Gasteiger partial charge on any atom is -0.493 e. The molecule has 21 heavy (non-hydrogen) atoms. The molecule has 1 aromatic rings. The van der Waals surface area contributed by atoms with Gasteiger partial charge in [-0.3, -0.25) is 4.90 Å². The maximum atomic E-state index is 10.2. The van der Waals surface area contributed by atoms with Gasteiger partial charge in [0.05, 0.1) is 20.3 Å². The van der Waals surface area contributed by atoms with Crippen molar-refractivity contribution in [2.24, 2.45) is 0 Å². The molecular weight excluding hydrogens is 266 g/mol. The molecule has 0 saturated carbocycles. The second kappa shape index (κ2) is 6.24. The van der Waals surface area contributed by atoms with E-state index in [9.17, 15) is 5.11 Å². The first-order chi connectivity index (χ1) is 10.2. The summed E-state index contributed by atoms with van der Waals surface area (Å²) in [5, 5.41) is 10.2. The average molecular weight is 291 g/mol. The first-order valence-electron chi connectivity index (χ1n) is 7.88. The molecule has 0 aromatic heterocycles. The van der Waals surface area contributed by atoms with Crippen LogP contribution in [-0.2, 0) is 0 Å². The van der Waals surface area contributed by atoms with Gasteiger partial charge in [0.2, 0.25) is 0 Å². The molecule has 3 rings (SSSR count). The number of hydrogen-bond acceptors (Lipinski definition) is 4. The second-order valence-electron chi connectivity index (χ2n) is 6.14. The molecule has 3 atom stereocenters. The maximum absolute atomic E-state index is 10.2. The summed E-state index contributed by atoms with van der Waals surface area (Å²) in [7, 11) is 3.32. The highest BCUT2D eigenvalue weighted by Gasteiger charge is 2.37. The minimum atomic E-state index is -0.192. The normalized spacial score (nSPS) is 29.8. The molecule has 2 heterocycles. The summed E-state index contributed by atoms with van der Waals surface area (Å²) >= 11 is 0. The number of aliphatic hydroxyl groups excluding tert-OH is 1. The first-order valence-corrected chi connectivity index (χ1v) is 7.88. The van der Waals surface area contributed by atoms with E-state index in [0.717, 1.165) is 30.9 Å². The smallest absolute Gasteiger partial charge is 0.161 e. The van der Waals surface area contributed by atoms with Gasteiger partial charge in [0.25, 0.3) is 0 Å². The van der Waals surface area contributed by atoms with Crippen molar-refractivity contribution in [3.05, 3.63) is 23.8 Å². The molecule has 1 aromatic carbocycles. The number of rotatable bonds is 3. The van der Waals surface area contributed by atoms with Crippen molar-refractivity contribution in [2.75, 3.05) is 20.8 Å². The molecule has 0 radical (unpaired) electrons. The lowest BCUT2D eigenvalue weighted by molar-refractivity contribution is -0.0180. The van der Waals surface area contributed by atoms with Gasteiger partial charge >= 0.3 is 0 Å². The Morgan fingerprint density at radius 2 is 1.90 bits per heavy atom. The maximum Gasteiger partial charge on any atom is 0.161 e. The lowest BCUT2D eigenvalue weighted by Gasteiger charge is -2.47. The van der Waals surface area contributed by atoms with E-state index in [0.29, 0.717) is 12.1 Å². The fourth-order valence-corrected chi connectivity index (χ4v) is 3.88. The Kier molecular flexibility index (Phi) is 4.36. The van der Waals surface area contributed by atoms with Gasteiger partial charge in [-0.15, -0.1) is 0 Å². The zero-order valence-corrected chi connectivity index (χ0v) is 12.9. The third-order valence-electron chi connectivity index (χ3n) is 4.90. The molecule has 2 fully saturated rings. The fourth-order valence-electron chi connectivity index (χ4n) is 3.88. The van der Waals surface area contributed by atoms with Crippen molar-refractivity contribution in [3.8, 4) is 11.5 Å². The number of hydrogen-bond donors (Lipinski definition) is 1. The molecule has 2 aliphatic heterocycles. The monoisotopic (exact) mass is 291 g/mol. The van der Waals surface area contributed by atoms with Crippen molar-refractivity contribution in [2.45, 2.75) is 50.3 Å². The SMILES string of the molecule is COc1ccc([C@H]2C[C@@H](O)C[C@H]3CCCCN32)cc1OC. The summed E-state index contributed by atoms with van der Waals surface area (Å²) in [5.41, 5.74) is 1.22. The van der Waals surface area contributed by atoms with E-state index in [1.807, 2.05) is 6.07 Å². The topological polar surface area (TPSA) is 41.9 Å². The lowest BCUT2D eigenvalue weighted by Crippen LogP contribution is -2.48. The van der Waals surface area contributed by atoms with Crippen LogP contribution in [0, 0.1) is 0 Å². The molecule has 0 unspecified atom stereocenters. The number of benzene rings is 1. The van der Waals surface area contributed by atoms with E-state index >= 15 is 0 Å². The van der Waals surface area contributed by atoms with E-state index in [4.69, 9.17) is 9.47 Å². The van der Waals surface area contributed by atoms with Crippen LogP contribution in [0.25, 0.3) is 0 Å². The summed E-state index contributed by atoms with van der Waals surface area (Å²) in [6, 6.07) is 6.95. The molecule has 2 saturated heterocycles. The summed E-state index contributed by atoms with van der Waals surface area (Å²) in [6.45, 7) is 1.14. The van der Waals surface area contributed by atoms with Crippen LogP contribution in [0.3, 0.4) is 0 Å². The average Bonchev–Trinajstić information content (AvgIpc) is 2.53. The Hall–Kier alpha value is -1.26. The zero-order chi connectivity index (χ0) is 14.8. The van der Waals surface area contributed by atoms with Crippen LogP contribution in [-0.4, -0.2) is 42.9 Å². The standard InChI is InChI=1S/C17H25NO3/c1-20-16-7-6-12(9-17(16)21-2)15-11-14(19)10-13-5-3-4-8-18(13)15/h6-7,9,13-15,19H,3-5,8,10-11H2,1-2H3/t13-,14+,15-/m1/s1. The highest BCUT2D eigenvalue weighted by atomic mass is 16.5. The highest BCUT2D eigenvalue weighted by Crippen LogP contribution is 2.40. The van der Waals surface area contributed by atoms with Crippen LogP contribution >= 0.6 is 0 Å². The minimum absolute atomic E-state index is 0.192. The molecule has 116 valence electrons. The fraction of sp³-hybridized carbons (Fsp3) is 0.647. The van der Waals surface area contributed by atoms with Crippen molar-refractivity contribution in [1.82, 2.24) is 4.90 Å². The third kappa shape index (κ3) is 2.87. The van der Waals surface area contributed by atoms with Crippen LogP contribution in [0.2, 0.25) is 0 Å². The van der Waals surface area contributed by atoms with Gasteiger partial charge < -0.3 is 14.6 Å². The zero-order valence-electron chi connectivity index (χ0n) is 12.9. The molecule has 4 heteroatoms. The van der Waals surface area contributed by atoms with Crippen LogP contribution in [0.5, 0.6) is 11.5 Å². The van der Waals surface area contributed by atoms with Crippen molar-refractivity contribution in [1.29, 1.82) is 0 Å². The van der Waals surface area contributed by atoms with Crippen molar-refractivity contribution < 1.29 is 14.6 Å². The molecular formula is C17H25NO3. The van der Waals surface area contributed by atoms with Gasteiger partial charge in [-0.25, -0.2) is 0 Å². The Labute approximate surface area is 126 Å². The number of piperidine rings is 2. The molecule has 1 N–H and O–H groups in total.